The van der Waals surface area contributed by atoms with E-state index in [2.05, 4.69) is 22.7 Å². The van der Waals surface area contributed by atoms with E-state index in [4.69, 9.17) is 17.3 Å². The van der Waals surface area contributed by atoms with Crippen LogP contribution in [0.1, 0.15) is 73.2 Å². The van der Waals surface area contributed by atoms with Crippen LogP contribution in [-0.2, 0) is 11.3 Å². The summed E-state index contributed by atoms with van der Waals surface area (Å²) in [7, 11) is 1.94. The molecule has 0 radical (unpaired) electrons. The molecular formula is C29H37ClN4O2S. The maximum atomic E-state index is 13.2. The van der Waals surface area contributed by atoms with Crippen molar-refractivity contribution >= 4 is 47.1 Å². The van der Waals surface area contributed by atoms with Crippen LogP contribution >= 0.6 is 24.4 Å². The molecule has 6 nitrogen and oxygen atoms in total. The quantitative estimate of drug-likeness (QED) is 0.201. The van der Waals surface area contributed by atoms with Crippen LogP contribution in [0.2, 0.25) is 5.02 Å². The first-order valence-corrected chi connectivity index (χ1v) is 14.0. The van der Waals surface area contributed by atoms with Gasteiger partial charge in [0.1, 0.15) is 6.54 Å². The van der Waals surface area contributed by atoms with Crippen molar-refractivity contribution in [1.82, 2.24) is 14.2 Å². The number of aromatic nitrogens is 1. The summed E-state index contributed by atoms with van der Waals surface area (Å²) in [5.41, 5.74) is 10.3. The van der Waals surface area contributed by atoms with Crippen molar-refractivity contribution in [3.05, 3.63) is 58.6 Å². The standard InChI is InChI=1S/C29H37ClN4O2S/c1-33(37)17-7-3-6-16-32-26(35)19-34-25-18-22(29(31)36)12-15-24(25)27(20-8-4-2-5-9-20)28(34)21-10-13-23(30)14-11-21/h10-15,18,20,37H,2-9,16-17,19H2,1H3,(H2,31,36)(H,32,35). The lowest BCUT2D eigenvalue weighted by Gasteiger charge is -2.24. The van der Waals surface area contributed by atoms with Crippen molar-refractivity contribution in [2.24, 2.45) is 5.73 Å². The number of rotatable bonds is 11. The van der Waals surface area contributed by atoms with Gasteiger partial charge in [0.25, 0.3) is 0 Å². The molecule has 1 fully saturated rings. The largest absolute Gasteiger partial charge is 0.366 e. The minimum Gasteiger partial charge on any atom is -0.366 e. The third-order valence-corrected chi connectivity index (χ3v) is 7.75. The van der Waals surface area contributed by atoms with Gasteiger partial charge in [-0.1, -0.05) is 68.3 Å². The summed E-state index contributed by atoms with van der Waals surface area (Å²) in [4.78, 5) is 25.2. The second-order valence-electron chi connectivity index (χ2n) is 10.1. The smallest absolute Gasteiger partial charge is 0.248 e. The molecule has 2 aromatic carbocycles. The molecule has 0 bridgehead atoms. The second-order valence-corrected chi connectivity index (χ2v) is 11.2. The zero-order valence-electron chi connectivity index (χ0n) is 21.5. The molecule has 0 saturated heterocycles. The molecule has 1 saturated carbocycles. The number of nitrogens with zero attached hydrogens (tertiary/aromatic N) is 2. The summed E-state index contributed by atoms with van der Waals surface area (Å²) in [5.74, 6) is -0.119. The third kappa shape index (κ3) is 6.89. The lowest BCUT2D eigenvalue weighted by Crippen LogP contribution is -2.28. The number of hydrogen-bond acceptors (Lipinski definition) is 4. The van der Waals surface area contributed by atoms with E-state index >= 15 is 0 Å². The molecule has 1 aliphatic carbocycles. The molecule has 0 unspecified atom stereocenters. The van der Waals surface area contributed by atoms with Crippen molar-refractivity contribution in [1.29, 1.82) is 0 Å². The highest BCUT2D eigenvalue weighted by Gasteiger charge is 2.27. The molecule has 1 aliphatic rings. The lowest BCUT2D eigenvalue weighted by molar-refractivity contribution is -0.121. The van der Waals surface area contributed by atoms with Gasteiger partial charge < -0.3 is 15.6 Å². The number of unbranched alkanes of at least 4 members (excludes halogenated alkanes) is 2. The fraction of sp³-hybridized carbons (Fsp3) is 0.448. The Hall–Kier alpha value is -2.48. The van der Waals surface area contributed by atoms with Gasteiger partial charge in [-0.15, -0.1) is 0 Å². The molecule has 0 spiro atoms. The number of thiol groups is 1. The van der Waals surface area contributed by atoms with Crippen LogP contribution < -0.4 is 11.1 Å². The Balaban J connectivity index is 1.71. The number of amides is 2. The zero-order valence-corrected chi connectivity index (χ0v) is 23.2. The van der Waals surface area contributed by atoms with Crippen molar-refractivity contribution in [2.45, 2.75) is 63.8 Å². The number of carbonyl (C=O) groups is 2. The number of nitrogens with two attached hydrogens (primary N) is 1. The summed E-state index contributed by atoms with van der Waals surface area (Å²) >= 11 is 10.5. The van der Waals surface area contributed by atoms with Crippen LogP contribution in [0.4, 0.5) is 0 Å². The van der Waals surface area contributed by atoms with E-state index in [1.807, 2.05) is 47.8 Å². The molecular weight excluding hydrogens is 504 g/mol. The highest BCUT2D eigenvalue weighted by molar-refractivity contribution is 7.77. The number of benzene rings is 2. The first-order chi connectivity index (χ1) is 17.8. The van der Waals surface area contributed by atoms with Crippen LogP contribution in [0, 0.1) is 0 Å². The van der Waals surface area contributed by atoms with E-state index in [-0.39, 0.29) is 12.5 Å². The third-order valence-electron chi connectivity index (χ3n) is 7.30. The fourth-order valence-corrected chi connectivity index (χ4v) is 5.75. The number of halogens is 1. The minimum absolute atomic E-state index is 0.0434. The van der Waals surface area contributed by atoms with E-state index in [0.29, 0.717) is 23.0 Å². The Bertz CT molecular complexity index is 1230. The Morgan fingerprint density at radius 3 is 2.49 bits per heavy atom. The normalized spacial score (nSPS) is 14.4. The Morgan fingerprint density at radius 2 is 1.81 bits per heavy atom. The fourth-order valence-electron chi connectivity index (χ4n) is 5.49. The zero-order chi connectivity index (χ0) is 26.4. The van der Waals surface area contributed by atoms with Gasteiger partial charge in [-0.25, -0.2) is 0 Å². The minimum atomic E-state index is -0.474. The van der Waals surface area contributed by atoms with Gasteiger partial charge in [-0.2, -0.15) is 0 Å². The van der Waals surface area contributed by atoms with Crippen LogP contribution in [-0.4, -0.2) is 40.8 Å². The van der Waals surface area contributed by atoms with E-state index in [1.165, 1.54) is 24.8 Å². The first kappa shape index (κ1) is 27.6. The van der Waals surface area contributed by atoms with Crippen LogP contribution in [0.5, 0.6) is 0 Å². The first-order valence-electron chi connectivity index (χ1n) is 13.2. The summed E-state index contributed by atoms with van der Waals surface area (Å²) in [6.45, 7) is 1.72. The topological polar surface area (TPSA) is 80.4 Å². The van der Waals surface area contributed by atoms with Crippen molar-refractivity contribution in [3.8, 4) is 11.3 Å². The molecule has 2 amide bonds. The highest BCUT2D eigenvalue weighted by Crippen LogP contribution is 2.44. The van der Waals surface area contributed by atoms with E-state index < -0.39 is 5.91 Å². The number of hydrogen-bond donors (Lipinski definition) is 3. The van der Waals surface area contributed by atoms with Crippen LogP contribution in [0.15, 0.2) is 42.5 Å². The van der Waals surface area contributed by atoms with Crippen molar-refractivity contribution < 1.29 is 9.59 Å². The predicted molar refractivity (Wildman–Crippen MR) is 155 cm³/mol. The van der Waals surface area contributed by atoms with Crippen molar-refractivity contribution in [3.63, 3.8) is 0 Å². The molecule has 0 atom stereocenters. The monoisotopic (exact) mass is 540 g/mol. The molecule has 1 heterocycles. The molecule has 198 valence electrons. The van der Waals surface area contributed by atoms with E-state index in [9.17, 15) is 9.59 Å². The van der Waals surface area contributed by atoms with Gasteiger partial charge in [-0.3, -0.25) is 13.9 Å². The number of primary amides is 1. The van der Waals surface area contributed by atoms with E-state index in [0.717, 1.165) is 60.8 Å². The number of nitrogens with one attached hydrogen (secondary N) is 1. The van der Waals surface area contributed by atoms with Crippen LogP contribution in [0.25, 0.3) is 22.2 Å². The number of carbonyl (C=O) groups excluding carboxylic acids is 2. The average molecular weight is 541 g/mol. The summed E-state index contributed by atoms with van der Waals surface area (Å²) < 4.78 is 3.94. The summed E-state index contributed by atoms with van der Waals surface area (Å²) in [6.07, 6.45) is 8.87. The molecule has 3 aromatic rings. The Labute approximate surface area is 230 Å². The van der Waals surface area contributed by atoms with E-state index in [1.54, 1.807) is 6.07 Å². The highest BCUT2D eigenvalue weighted by atomic mass is 35.5. The van der Waals surface area contributed by atoms with Gasteiger partial charge in [0.05, 0.1) is 11.2 Å². The molecule has 0 aliphatic heterocycles. The predicted octanol–water partition coefficient (Wildman–Crippen LogP) is 6.17. The Morgan fingerprint density at radius 1 is 1.08 bits per heavy atom. The average Bonchev–Trinajstić information content (AvgIpc) is 3.20. The van der Waals surface area contributed by atoms with Gasteiger partial charge in [0, 0.05) is 29.1 Å². The SMILES string of the molecule is CN(S)CCCCCNC(=O)Cn1c(-c2ccc(Cl)cc2)c(C2CCCCC2)c2ccc(C(N)=O)cc21. The lowest BCUT2D eigenvalue weighted by atomic mass is 9.82. The summed E-state index contributed by atoms with van der Waals surface area (Å²) in [5, 5.41) is 4.85. The maximum Gasteiger partial charge on any atom is 0.248 e. The van der Waals surface area contributed by atoms with Gasteiger partial charge in [0.15, 0.2) is 0 Å². The molecule has 8 heteroatoms. The molecule has 1 aromatic heterocycles. The second kappa shape index (κ2) is 12.9. The maximum absolute atomic E-state index is 13.2. The van der Waals surface area contributed by atoms with Crippen LogP contribution in [0.3, 0.4) is 0 Å². The van der Waals surface area contributed by atoms with Gasteiger partial charge >= 0.3 is 0 Å². The van der Waals surface area contributed by atoms with Gasteiger partial charge in [0.2, 0.25) is 11.8 Å². The molecule has 4 rings (SSSR count). The summed E-state index contributed by atoms with van der Waals surface area (Å²) in [6, 6.07) is 13.5. The van der Waals surface area contributed by atoms with Crippen molar-refractivity contribution in [2.75, 3.05) is 20.1 Å². The molecule has 3 N–H and O–H groups in total. The Kier molecular flexibility index (Phi) is 9.57. The number of fused-ring (bicyclic) bond motifs is 1. The molecule has 37 heavy (non-hydrogen) atoms. The van der Waals surface area contributed by atoms with Gasteiger partial charge in [-0.05, 0) is 74.0 Å².